The molecule has 1 atom stereocenters. The highest BCUT2D eigenvalue weighted by atomic mass is 32.2. The lowest BCUT2D eigenvalue weighted by molar-refractivity contribution is 0.145. The van der Waals surface area contributed by atoms with E-state index in [2.05, 4.69) is 4.72 Å². The van der Waals surface area contributed by atoms with Gasteiger partial charge in [0, 0.05) is 6.54 Å². The second-order valence-electron chi connectivity index (χ2n) is 3.41. The molecule has 1 aliphatic rings. The molecule has 2 rings (SSSR count). The molecule has 0 aromatic heterocycles. The molecule has 15 heavy (non-hydrogen) atoms. The summed E-state index contributed by atoms with van der Waals surface area (Å²) < 4.78 is 31.4. The largest absolute Gasteiger partial charge is 0.378 e. The Hall–Kier alpha value is -0.910. The van der Waals surface area contributed by atoms with E-state index < -0.39 is 15.3 Å². The van der Waals surface area contributed by atoms with Crippen LogP contribution in [0.2, 0.25) is 0 Å². The van der Waals surface area contributed by atoms with Gasteiger partial charge in [-0.25, -0.2) is 13.1 Å². The van der Waals surface area contributed by atoms with E-state index in [-0.39, 0.29) is 6.61 Å². The fourth-order valence-electron chi connectivity index (χ4n) is 1.58. The summed E-state index contributed by atoms with van der Waals surface area (Å²) in [7, 11) is -3.29. The Morgan fingerprint density at radius 1 is 1.27 bits per heavy atom. The molecular formula is C10H13NO3S. The van der Waals surface area contributed by atoms with Gasteiger partial charge in [-0.15, -0.1) is 0 Å². The fraction of sp³-hybridized carbons (Fsp3) is 0.400. The Morgan fingerprint density at radius 2 is 2.00 bits per heavy atom. The van der Waals surface area contributed by atoms with Crippen LogP contribution in [0.3, 0.4) is 0 Å². The van der Waals surface area contributed by atoms with Gasteiger partial charge >= 0.3 is 0 Å². The molecule has 1 aromatic carbocycles. The maximum Gasteiger partial charge on any atom is 0.221 e. The first-order valence-electron chi connectivity index (χ1n) is 4.81. The van der Waals surface area contributed by atoms with E-state index >= 15 is 0 Å². The van der Waals surface area contributed by atoms with Crippen molar-refractivity contribution in [3.05, 3.63) is 35.9 Å². The van der Waals surface area contributed by atoms with Crippen molar-refractivity contribution in [2.45, 2.75) is 5.25 Å². The Morgan fingerprint density at radius 3 is 2.73 bits per heavy atom. The lowest BCUT2D eigenvalue weighted by Crippen LogP contribution is -2.29. The van der Waals surface area contributed by atoms with Gasteiger partial charge < -0.3 is 4.74 Å². The Bertz CT molecular complexity index is 416. The molecule has 1 saturated heterocycles. The Labute approximate surface area is 89.3 Å². The van der Waals surface area contributed by atoms with E-state index in [0.29, 0.717) is 13.2 Å². The topological polar surface area (TPSA) is 55.4 Å². The molecule has 82 valence electrons. The second kappa shape index (κ2) is 4.30. The summed E-state index contributed by atoms with van der Waals surface area (Å²) >= 11 is 0. The van der Waals surface area contributed by atoms with Crippen LogP contribution in [0.15, 0.2) is 30.3 Å². The first kappa shape index (κ1) is 10.6. The van der Waals surface area contributed by atoms with Gasteiger partial charge in [0.2, 0.25) is 10.0 Å². The lowest BCUT2D eigenvalue weighted by Gasteiger charge is -2.14. The van der Waals surface area contributed by atoms with Gasteiger partial charge in [0.1, 0.15) is 5.25 Å². The van der Waals surface area contributed by atoms with E-state index in [0.717, 1.165) is 5.56 Å². The minimum absolute atomic E-state index is 0.222. The van der Waals surface area contributed by atoms with Crippen molar-refractivity contribution in [2.24, 2.45) is 0 Å². The molecule has 0 aliphatic carbocycles. The third kappa shape index (κ3) is 2.37. The van der Waals surface area contributed by atoms with Crippen molar-refractivity contribution in [1.29, 1.82) is 0 Å². The average Bonchev–Trinajstić information content (AvgIpc) is 2.40. The van der Waals surface area contributed by atoms with Crippen LogP contribution in [0.1, 0.15) is 10.8 Å². The average molecular weight is 227 g/mol. The van der Waals surface area contributed by atoms with Gasteiger partial charge in [-0.1, -0.05) is 30.3 Å². The molecular weight excluding hydrogens is 214 g/mol. The van der Waals surface area contributed by atoms with Gasteiger partial charge in [0.05, 0.1) is 13.2 Å². The summed E-state index contributed by atoms with van der Waals surface area (Å²) in [6, 6.07) is 9.13. The van der Waals surface area contributed by atoms with Crippen molar-refractivity contribution in [3.8, 4) is 0 Å². The molecule has 5 heteroatoms. The summed E-state index contributed by atoms with van der Waals surface area (Å²) in [5, 5.41) is -0.596. The van der Waals surface area contributed by atoms with E-state index in [1.807, 2.05) is 18.2 Å². The van der Waals surface area contributed by atoms with Gasteiger partial charge in [0.15, 0.2) is 0 Å². The number of hydrogen-bond acceptors (Lipinski definition) is 3. The van der Waals surface area contributed by atoms with Crippen LogP contribution in [0.25, 0.3) is 0 Å². The smallest absolute Gasteiger partial charge is 0.221 e. The number of benzene rings is 1. The summed E-state index contributed by atoms with van der Waals surface area (Å²) in [6.07, 6.45) is 0. The predicted molar refractivity (Wildman–Crippen MR) is 56.9 cm³/mol. The molecule has 0 spiro atoms. The minimum Gasteiger partial charge on any atom is -0.378 e. The quantitative estimate of drug-likeness (QED) is 0.767. The first-order chi connectivity index (χ1) is 7.20. The zero-order valence-corrected chi connectivity index (χ0v) is 9.03. The number of nitrogens with one attached hydrogen (secondary N) is 1. The van der Waals surface area contributed by atoms with Crippen molar-refractivity contribution in [2.75, 3.05) is 19.8 Å². The third-order valence-corrected chi connectivity index (χ3v) is 4.13. The molecule has 0 bridgehead atoms. The van der Waals surface area contributed by atoms with E-state index in [1.165, 1.54) is 0 Å². The molecule has 0 saturated carbocycles. The first-order valence-corrected chi connectivity index (χ1v) is 6.36. The number of sulfonamides is 1. The molecule has 0 amide bonds. The zero-order valence-electron chi connectivity index (χ0n) is 8.22. The second-order valence-corrected chi connectivity index (χ2v) is 5.36. The monoisotopic (exact) mass is 227 g/mol. The minimum atomic E-state index is -3.29. The number of rotatable bonds is 1. The van der Waals surface area contributed by atoms with Crippen LogP contribution in [0.5, 0.6) is 0 Å². The Balaban J connectivity index is 2.34. The summed E-state index contributed by atoms with van der Waals surface area (Å²) in [5.41, 5.74) is 0.770. The van der Waals surface area contributed by atoms with Gasteiger partial charge in [-0.05, 0) is 5.56 Å². The molecule has 1 aliphatic heterocycles. The number of ether oxygens (including phenoxy) is 1. The summed E-state index contributed by atoms with van der Waals surface area (Å²) in [5.74, 6) is 0. The van der Waals surface area contributed by atoms with Gasteiger partial charge in [-0.3, -0.25) is 0 Å². The number of hydrogen-bond donors (Lipinski definition) is 1. The van der Waals surface area contributed by atoms with Crippen molar-refractivity contribution < 1.29 is 13.2 Å². The third-order valence-electron chi connectivity index (χ3n) is 2.36. The molecule has 1 N–H and O–H groups in total. The molecule has 0 radical (unpaired) electrons. The van der Waals surface area contributed by atoms with Gasteiger partial charge in [-0.2, -0.15) is 0 Å². The van der Waals surface area contributed by atoms with Crippen LogP contribution in [0, 0.1) is 0 Å². The van der Waals surface area contributed by atoms with E-state index in [9.17, 15) is 8.42 Å². The molecule has 4 nitrogen and oxygen atoms in total. The van der Waals surface area contributed by atoms with Crippen molar-refractivity contribution in [1.82, 2.24) is 4.72 Å². The highest BCUT2D eigenvalue weighted by Crippen LogP contribution is 2.22. The summed E-state index contributed by atoms with van der Waals surface area (Å²) in [4.78, 5) is 0. The predicted octanol–water partition coefficient (Wildman–Crippen LogP) is 0.677. The Kier molecular flexibility index (Phi) is 3.04. The van der Waals surface area contributed by atoms with Gasteiger partial charge in [0.25, 0.3) is 0 Å². The molecule has 1 fully saturated rings. The van der Waals surface area contributed by atoms with Crippen LogP contribution < -0.4 is 4.72 Å². The highest BCUT2D eigenvalue weighted by molar-refractivity contribution is 7.89. The zero-order chi connectivity index (χ0) is 10.7. The normalized spacial score (nSPS) is 25.7. The van der Waals surface area contributed by atoms with Crippen LogP contribution in [-0.4, -0.2) is 28.2 Å². The van der Waals surface area contributed by atoms with E-state index in [1.54, 1.807) is 12.1 Å². The van der Waals surface area contributed by atoms with E-state index in [4.69, 9.17) is 4.74 Å². The van der Waals surface area contributed by atoms with Crippen molar-refractivity contribution in [3.63, 3.8) is 0 Å². The fourth-order valence-corrected chi connectivity index (χ4v) is 2.94. The maximum absolute atomic E-state index is 11.8. The molecule has 1 heterocycles. The SMILES string of the molecule is O=S1(=O)NCCOCC1c1ccccc1. The lowest BCUT2D eigenvalue weighted by atomic mass is 10.1. The van der Waals surface area contributed by atoms with Crippen LogP contribution in [-0.2, 0) is 14.8 Å². The van der Waals surface area contributed by atoms with Crippen LogP contribution >= 0.6 is 0 Å². The maximum atomic E-state index is 11.8. The molecule has 1 aromatic rings. The standard InChI is InChI=1S/C10H13NO3S/c12-15(13)10(8-14-7-6-11-15)9-4-2-1-3-5-9/h1-5,10-11H,6-8H2. The highest BCUT2D eigenvalue weighted by Gasteiger charge is 2.28. The van der Waals surface area contributed by atoms with Crippen LogP contribution in [0.4, 0.5) is 0 Å². The molecule has 1 unspecified atom stereocenters. The summed E-state index contributed by atoms with van der Waals surface area (Å²) in [6.45, 7) is 1.01. The van der Waals surface area contributed by atoms with Crippen molar-refractivity contribution >= 4 is 10.0 Å².